The van der Waals surface area contributed by atoms with E-state index < -0.39 is 10.0 Å². The summed E-state index contributed by atoms with van der Waals surface area (Å²) in [5.74, 6) is -0.359. The van der Waals surface area contributed by atoms with Crippen LogP contribution in [0.1, 0.15) is 49.0 Å². The average Bonchev–Trinajstić information content (AvgIpc) is 2.67. The molecule has 150 valence electrons. The molecular weight excluding hydrogens is 396 g/mol. The number of hydrogen-bond donors (Lipinski definition) is 1. The molecule has 1 heterocycles. The van der Waals surface area contributed by atoms with Gasteiger partial charge in [-0.2, -0.15) is 0 Å². The Morgan fingerprint density at radius 1 is 1.25 bits per heavy atom. The fourth-order valence-corrected chi connectivity index (χ4v) is 5.29. The van der Waals surface area contributed by atoms with Crippen LogP contribution < -0.4 is 9.62 Å². The smallest absolute Gasteiger partial charge is 0.264 e. The van der Waals surface area contributed by atoms with Crippen molar-refractivity contribution >= 4 is 33.2 Å². The van der Waals surface area contributed by atoms with Crippen molar-refractivity contribution < 1.29 is 13.2 Å². The number of aryl methyl sites for hydroxylation is 1. The van der Waals surface area contributed by atoms with Crippen molar-refractivity contribution in [1.29, 1.82) is 0 Å². The summed E-state index contributed by atoms with van der Waals surface area (Å²) in [6.07, 6.45) is 3.39. The molecule has 1 aliphatic rings. The van der Waals surface area contributed by atoms with Crippen LogP contribution in [0.4, 0.5) is 5.69 Å². The number of carbonyl (C=O) groups is 1. The van der Waals surface area contributed by atoms with Crippen molar-refractivity contribution in [3.05, 3.63) is 58.6 Å². The topological polar surface area (TPSA) is 66.5 Å². The fraction of sp³-hybridized carbons (Fsp3) is 0.381. The summed E-state index contributed by atoms with van der Waals surface area (Å²) in [5, 5.41) is 3.12. The van der Waals surface area contributed by atoms with Crippen molar-refractivity contribution in [2.75, 3.05) is 10.8 Å². The number of carbonyl (C=O) groups excluding carboxylic acids is 1. The highest BCUT2D eigenvalue weighted by Crippen LogP contribution is 2.32. The fourth-order valence-electron chi connectivity index (χ4n) is 3.52. The highest BCUT2D eigenvalue weighted by atomic mass is 35.5. The largest absolute Gasteiger partial charge is 0.350 e. The number of hydrogen-bond acceptors (Lipinski definition) is 3. The third-order valence-corrected chi connectivity index (χ3v) is 7.08. The Bertz CT molecular complexity index is 975. The Morgan fingerprint density at radius 2 is 2.00 bits per heavy atom. The van der Waals surface area contributed by atoms with E-state index in [9.17, 15) is 13.2 Å². The van der Waals surface area contributed by atoms with Gasteiger partial charge in [0.25, 0.3) is 15.9 Å². The Balaban J connectivity index is 1.95. The van der Waals surface area contributed by atoms with Gasteiger partial charge in [-0.1, -0.05) is 43.1 Å². The van der Waals surface area contributed by atoms with Crippen LogP contribution in [0, 0.1) is 0 Å². The number of anilines is 1. The molecule has 28 heavy (non-hydrogen) atoms. The van der Waals surface area contributed by atoms with E-state index in [0.717, 1.165) is 31.2 Å². The van der Waals surface area contributed by atoms with Crippen LogP contribution in [0.2, 0.25) is 5.02 Å². The predicted octanol–water partition coefficient (Wildman–Crippen LogP) is 4.40. The lowest BCUT2D eigenvalue weighted by Crippen LogP contribution is -2.36. The van der Waals surface area contributed by atoms with Crippen molar-refractivity contribution in [2.45, 2.75) is 50.5 Å². The monoisotopic (exact) mass is 420 g/mol. The first-order valence-corrected chi connectivity index (χ1v) is 11.4. The van der Waals surface area contributed by atoms with Gasteiger partial charge in [-0.15, -0.1) is 0 Å². The van der Waals surface area contributed by atoms with E-state index >= 15 is 0 Å². The summed E-state index contributed by atoms with van der Waals surface area (Å²) in [5.41, 5.74) is 1.89. The van der Waals surface area contributed by atoms with Gasteiger partial charge in [0.15, 0.2) is 0 Å². The SMILES string of the molecule is CCC[C@@H](C)NC(=O)c1cc(S(=O)(=O)N2CCCc3ccccc32)ccc1Cl. The van der Waals surface area contributed by atoms with E-state index in [-0.39, 0.29) is 27.4 Å². The Kier molecular flexibility index (Phi) is 6.30. The van der Waals surface area contributed by atoms with E-state index in [2.05, 4.69) is 5.32 Å². The van der Waals surface area contributed by atoms with Gasteiger partial charge in [0.2, 0.25) is 0 Å². The van der Waals surface area contributed by atoms with Gasteiger partial charge in [0.1, 0.15) is 0 Å². The molecule has 1 N–H and O–H groups in total. The second kappa shape index (κ2) is 8.53. The number of nitrogens with zero attached hydrogens (tertiary/aromatic N) is 1. The molecule has 2 aromatic carbocycles. The van der Waals surface area contributed by atoms with Crippen LogP contribution in [-0.2, 0) is 16.4 Å². The van der Waals surface area contributed by atoms with Crippen molar-refractivity contribution in [1.82, 2.24) is 5.32 Å². The molecule has 0 fully saturated rings. The van der Waals surface area contributed by atoms with Gasteiger partial charge in [0.05, 0.1) is 21.2 Å². The van der Waals surface area contributed by atoms with Crippen LogP contribution in [0.15, 0.2) is 47.4 Å². The molecule has 5 nitrogen and oxygen atoms in total. The van der Waals surface area contributed by atoms with Gasteiger partial charge in [-0.3, -0.25) is 9.10 Å². The quantitative estimate of drug-likeness (QED) is 0.753. The summed E-state index contributed by atoms with van der Waals surface area (Å²) >= 11 is 6.20. The van der Waals surface area contributed by atoms with Crippen LogP contribution in [-0.4, -0.2) is 26.9 Å². The average molecular weight is 421 g/mol. The maximum absolute atomic E-state index is 13.3. The molecule has 0 aliphatic carbocycles. The van der Waals surface area contributed by atoms with E-state index in [0.29, 0.717) is 12.2 Å². The van der Waals surface area contributed by atoms with E-state index in [4.69, 9.17) is 11.6 Å². The molecule has 7 heteroatoms. The number of rotatable bonds is 6. The molecule has 0 radical (unpaired) electrons. The molecule has 1 aliphatic heterocycles. The maximum atomic E-state index is 13.3. The zero-order valence-electron chi connectivity index (χ0n) is 16.1. The zero-order chi connectivity index (χ0) is 20.3. The van der Waals surface area contributed by atoms with Gasteiger partial charge in [0, 0.05) is 12.6 Å². The molecule has 3 rings (SSSR count). The van der Waals surface area contributed by atoms with Crippen LogP contribution in [0.25, 0.3) is 0 Å². The number of sulfonamides is 1. The Morgan fingerprint density at radius 3 is 2.75 bits per heavy atom. The predicted molar refractivity (Wildman–Crippen MR) is 113 cm³/mol. The lowest BCUT2D eigenvalue weighted by Gasteiger charge is -2.30. The highest BCUT2D eigenvalue weighted by Gasteiger charge is 2.30. The third-order valence-electron chi connectivity index (χ3n) is 4.94. The number of fused-ring (bicyclic) bond motifs is 1. The number of amides is 1. The van der Waals surface area contributed by atoms with Gasteiger partial charge >= 0.3 is 0 Å². The van der Waals surface area contributed by atoms with Crippen molar-refractivity contribution in [2.24, 2.45) is 0 Å². The minimum Gasteiger partial charge on any atom is -0.350 e. The first-order chi connectivity index (χ1) is 13.3. The normalized spacial score (nSPS) is 15.0. The van der Waals surface area contributed by atoms with E-state index in [1.807, 2.05) is 38.1 Å². The summed E-state index contributed by atoms with van der Waals surface area (Å²) in [7, 11) is -3.79. The second-order valence-corrected chi connectivity index (χ2v) is 9.38. The van der Waals surface area contributed by atoms with Crippen LogP contribution >= 0.6 is 11.6 Å². The first kappa shape index (κ1) is 20.7. The number of nitrogens with one attached hydrogen (secondary N) is 1. The first-order valence-electron chi connectivity index (χ1n) is 9.55. The lowest BCUT2D eigenvalue weighted by molar-refractivity contribution is 0.0938. The number of para-hydroxylation sites is 1. The molecule has 1 atom stereocenters. The molecule has 0 bridgehead atoms. The molecule has 0 spiro atoms. The minimum atomic E-state index is -3.79. The van der Waals surface area contributed by atoms with Crippen molar-refractivity contribution in [3.8, 4) is 0 Å². The summed E-state index contributed by atoms with van der Waals surface area (Å²) in [4.78, 5) is 12.7. The standard InChI is InChI=1S/C21H25ClN2O3S/c1-3-7-15(2)23-21(25)18-14-17(11-12-19(18)22)28(26,27)24-13-6-9-16-8-4-5-10-20(16)24/h4-5,8,10-12,14-15H,3,6-7,9,13H2,1-2H3,(H,23,25)/t15-/m1/s1. The Hall–Kier alpha value is -2.05. The number of benzene rings is 2. The highest BCUT2D eigenvalue weighted by molar-refractivity contribution is 7.92. The minimum absolute atomic E-state index is 0.0113. The molecule has 2 aromatic rings. The maximum Gasteiger partial charge on any atom is 0.264 e. The van der Waals surface area contributed by atoms with Gasteiger partial charge in [-0.25, -0.2) is 8.42 Å². The number of halogens is 1. The molecule has 0 saturated heterocycles. The molecular formula is C21H25ClN2O3S. The third kappa shape index (κ3) is 4.18. The molecule has 0 saturated carbocycles. The van der Waals surface area contributed by atoms with Crippen LogP contribution in [0.3, 0.4) is 0 Å². The van der Waals surface area contributed by atoms with E-state index in [1.165, 1.54) is 22.5 Å². The summed E-state index contributed by atoms with van der Waals surface area (Å²) in [6.45, 7) is 4.37. The summed E-state index contributed by atoms with van der Waals surface area (Å²) in [6, 6.07) is 11.8. The molecule has 1 amide bonds. The van der Waals surface area contributed by atoms with Gasteiger partial charge in [-0.05, 0) is 56.0 Å². The second-order valence-electron chi connectivity index (χ2n) is 7.11. The Labute approximate surface area is 171 Å². The zero-order valence-corrected chi connectivity index (χ0v) is 17.7. The van der Waals surface area contributed by atoms with E-state index in [1.54, 1.807) is 0 Å². The summed E-state index contributed by atoms with van der Waals surface area (Å²) < 4.78 is 28.1. The lowest BCUT2D eigenvalue weighted by atomic mass is 10.0. The molecule has 0 aromatic heterocycles. The molecule has 0 unspecified atom stereocenters. The van der Waals surface area contributed by atoms with Crippen LogP contribution in [0.5, 0.6) is 0 Å². The van der Waals surface area contributed by atoms with Gasteiger partial charge < -0.3 is 5.32 Å². The van der Waals surface area contributed by atoms with Crippen molar-refractivity contribution in [3.63, 3.8) is 0 Å².